The highest BCUT2D eigenvalue weighted by Gasteiger charge is 2.42. The summed E-state index contributed by atoms with van der Waals surface area (Å²) in [6, 6.07) is 13.2. The third-order valence-corrected chi connectivity index (χ3v) is 6.83. The van der Waals surface area contributed by atoms with E-state index in [-0.39, 0.29) is 17.2 Å². The molecule has 0 spiro atoms. The highest BCUT2D eigenvalue weighted by molar-refractivity contribution is 7.93. The Kier molecular flexibility index (Phi) is 6.11. The molecule has 0 radical (unpaired) electrons. The molecular formula is C20H25NO3S. The van der Waals surface area contributed by atoms with Crippen molar-refractivity contribution >= 4 is 15.6 Å². The molecule has 0 saturated carbocycles. The lowest BCUT2D eigenvalue weighted by molar-refractivity contribution is -0.120. The summed E-state index contributed by atoms with van der Waals surface area (Å²) in [5.41, 5.74) is 2.11. The summed E-state index contributed by atoms with van der Waals surface area (Å²) in [6.07, 6.45) is 4.18. The van der Waals surface area contributed by atoms with Crippen LogP contribution in [0.3, 0.4) is 0 Å². The van der Waals surface area contributed by atoms with Gasteiger partial charge < -0.3 is 0 Å². The molecule has 0 bridgehead atoms. The molecule has 0 aliphatic rings. The molecule has 0 unspecified atom stereocenters. The molecular weight excluding hydrogens is 334 g/mol. The first-order valence-electron chi connectivity index (χ1n) is 8.49. The van der Waals surface area contributed by atoms with Crippen molar-refractivity contribution in [2.24, 2.45) is 0 Å². The van der Waals surface area contributed by atoms with Crippen molar-refractivity contribution in [2.45, 2.75) is 56.2 Å². The number of benzene rings is 1. The van der Waals surface area contributed by atoms with Crippen LogP contribution in [0.4, 0.5) is 0 Å². The van der Waals surface area contributed by atoms with Crippen LogP contribution in [0.25, 0.3) is 0 Å². The van der Waals surface area contributed by atoms with Crippen LogP contribution < -0.4 is 0 Å². The van der Waals surface area contributed by atoms with E-state index in [1.165, 1.54) is 31.7 Å². The molecule has 0 N–H and O–H groups in total. The summed E-state index contributed by atoms with van der Waals surface area (Å²) in [5.74, 6) is -0.261. The zero-order valence-electron chi connectivity index (χ0n) is 15.0. The second-order valence-corrected chi connectivity index (χ2v) is 9.25. The standard InChI is InChI=1S/C20H25NO3S/c1-16-13-14-19(21-15-16)25(23,24)20(2,3)18(22)12-8-7-11-17-9-5-4-6-10-17/h4-6,9-10,13-15H,7-8,11-12H2,1-3H3. The molecule has 0 amide bonds. The average Bonchev–Trinajstić information content (AvgIpc) is 2.59. The predicted molar refractivity (Wildman–Crippen MR) is 99.2 cm³/mol. The van der Waals surface area contributed by atoms with E-state index in [4.69, 9.17) is 0 Å². The molecule has 0 atom stereocenters. The van der Waals surface area contributed by atoms with Crippen molar-refractivity contribution in [2.75, 3.05) is 0 Å². The minimum absolute atomic E-state index is 0.0410. The van der Waals surface area contributed by atoms with Gasteiger partial charge in [-0.15, -0.1) is 0 Å². The Balaban J connectivity index is 1.98. The summed E-state index contributed by atoms with van der Waals surface area (Å²) < 4.78 is 24.1. The van der Waals surface area contributed by atoms with Gasteiger partial charge in [-0.05, 0) is 57.2 Å². The maximum Gasteiger partial charge on any atom is 0.207 e. The van der Waals surface area contributed by atoms with Gasteiger partial charge in [0.1, 0.15) is 4.75 Å². The fourth-order valence-electron chi connectivity index (χ4n) is 2.58. The topological polar surface area (TPSA) is 64.1 Å². The number of hydrogen-bond acceptors (Lipinski definition) is 4. The number of unbranched alkanes of at least 4 members (excludes halogenated alkanes) is 1. The number of Topliss-reactive ketones (excluding diaryl/α,β-unsaturated/α-hetero) is 1. The van der Waals surface area contributed by atoms with Crippen molar-refractivity contribution in [1.29, 1.82) is 0 Å². The van der Waals surface area contributed by atoms with Crippen molar-refractivity contribution in [3.8, 4) is 0 Å². The zero-order chi connectivity index (χ0) is 18.5. The average molecular weight is 359 g/mol. The van der Waals surface area contributed by atoms with Gasteiger partial charge in [-0.2, -0.15) is 0 Å². The lowest BCUT2D eigenvalue weighted by Crippen LogP contribution is -2.41. The maximum absolute atomic E-state index is 12.8. The summed E-state index contributed by atoms with van der Waals surface area (Å²) in [7, 11) is -3.80. The molecule has 1 aromatic carbocycles. The largest absolute Gasteiger partial charge is 0.298 e. The van der Waals surface area contributed by atoms with Gasteiger partial charge in [0.15, 0.2) is 10.8 Å². The maximum atomic E-state index is 12.8. The number of pyridine rings is 1. The molecule has 25 heavy (non-hydrogen) atoms. The number of ketones is 1. The highest BCUT2D eigenvalue weighted by atomic mass is 32.2. The SMILES string of the molecule is Cc1ccc(S(=O)(=O)C(C)(C)C(=O)CCCCc2ccccc2)nc1. The fourth-order valence-corrected chi connectivity index (χ4v) is 3.95. The highest BCUT2D eigenvalue weighted by Crippen LogP contribution is 2.27. The zero-order valence-corrected chi connectivity index (χ0v) is 15.8. The van der Waals surface area contributed by atoms with E-state index in [0.29, 0.717) is 6.42 Å². The van der Waals surface area contributed by atoms with Crippen LogP contribution in [-0.2, 0) is 21.1 Å². The Labute approximate surface area is 150 Å². The van der Waals surface area contributed by atoms with E-state index in [1.807, 2.05) is 25.1 Å². The second kappa shape index (κ2) is 7.91. The number of aryl methyl sites for hydroxylation is 2. The van der Waals surface area contributed by atoms with Crippen LogP contribution in [0.2, 0.25) is 0 Å². The quantitative estimate of drug-likeness (QED) is 0.670. The van der Waals surface area contributed by atoms with Crippen LogP contribution in [-0.4, -0.2) is 23.9 Å². The fraction of sp³-hybridized carbons (Fsp3) is 0.400. The van der Waals surface area contributed by atoms with Gasteiger partial charge in [0.05, 0.1) is 0 Å². The van der Waals surface area contributed by atoms with E-state index in [0.717, 1.165) is 18.4 Å². The number of aromatic nitrogens is 1. The summed E-state index contributed by atoms with van der Waals surface area (Å²) in [6.45, 7) is 4.79. The number of carbonyl (C=O) groups excluding carboxylic acids is 1. The molecule has 4 nitrogen and oxygen atoms in total. The van der Waals surface area contributed by atoms with E-state index in [9.17, 15) is 13.2 Å². The first-order valence-corrected chi connectivity index (χ1v) is 9.98. The smallest absolute Gasteiger partial charge is 0.207 e. The Hall–Kier alpha value is -2.01. The molecule has 134 valence electrons. The van der Waals surface area contributed by atoms with Crippen LogP contribution in [0.5, 0.6) is 0 Å². The third-order valence-electron chi connectivity index (χ3n) is 4.47. The number of rotatable bonds is 8. The first kappa shape index (κ1) is 19.3. The summed E-state index contributed by atoms with van der Waals surface area (Å²) in [4.78, 5) is 16.6. The molecule has 0 aliphatic carbocycles. The molecule has 2 aromatic rings. The Morgan fingerprint density at radius 2 is 1.72 bits per heavy atom. The van der Waals surface area contributed by atoms with Gasteiger partial charge in [-0.1, -0.05) is 36.4 Å². The second-order valence-electron chi connectivity index (χ2n) is 6.80. The molecule has 5 heteroatoms. The Morgan fingerprint density at radius 1 is 1.04 bits per heavy atom. The van der Waals surface area contributed by atoms with Crippen molar-refractivity contribution in [3.63, 3.8) is 0 Å². The van der Waals surface area contributed by atoms with Crippen LogP contribution >= 0.6 is 0 Å². The van der Waals surface area contributed by atoms with Crippen molar-refractivity contribution < 1.29 is 13.2 Å². The van der Waals surface area contributed by atoms with Gasteiger partial charge in [-0.25, -0.2) is 13.4 Å². The Morgan fingerprint density at radius 3 is 2.32 bits per heavy atom. The monoisotopic (exact) mass is 359 g/mol. The molecule has 1 heterocycles. The van der Waals surface area contributed by atoms with E-state index in [1.54, 1.807) is 6.07 Å². The van der Waals surface area contributed by atoms with Crippen LogP contribution in [0.15, 0.2) is 53.7 Å². The molecule has 2 rings (SSSR count). The minimum atomic E-state index is -3.80. The third kappa shape index (κ3) is 4.54. The predicted octanol–water partition coefficient (Wildman–Crippen LogP) is 3.92. The van der Waals surface area contributed by atoms with E-state index in [2.05, 4.69) is 17.1 Å². The van der Waals surface area contributed by atoms with Crippen molar-refractivity contribution in [1.82, 2.24) is 4.98 Å². The lowest BCUT2D eigenvalue weighted by atomic mass is 10.0. The van der Waals surface area contributed by atoms with Gasteiger partial charge in [-0.3, -0.25) is 4.79 Å². The molecule has 1 aromatic heterocycles. The van der Waals surface area contributed by atoms with Gasteiger partial charge in [0.25, 0.3) is 0 Å². The van der Waals surface area contributed by atoms with Crippen LogP contribution in [0, 0.1) is 6.92 Å². The summed E-state index contributed by atoms with van der Waals surface area (Å²) in [5, 5.41) is -0.0410. The van der Waals surface area contributed by atoms with E-state index >= 15 is 0 Å². The molecule has 0 fully saturated rings. The molecule has 0 aliphatic heterocycles. The van der Waals surface area contributed by atoms with Crippen LogP contribution in [0.1, 0.15) is 44.2 Å². The van der Waals surface area contributed by atoms with Gasteiger partial charge >= 0.3 is 0 Å². The lowest BCUT2D eigenvalue weighted by Gasteiger charge is -2.23. The number of carbonyl (C=O) groups is 1. The first-order chi connectivity index (χ1) is 11.7. The number of hydrogen-bond donors (Lipinski definition) is 0. The van der Waals surface area contributed by atoms with Gasteiger partial charge in [0.2, 0.25) is 9.84 Å². The molecule has 0 saturated heterocycles. The minimum Gasteiger partial charge on any atom is -0.298 e. The van der Waals surface area contributed by atoms with E-state index < -0.39 is 14.6 Å². The van der Waals surface area contributed by atoms with Crippen molar-refractivity contribution in [3.05, 3.63) is 59.8 Å². The Bertz CT molecular complexity index is 810. The summed E-state index contributed by atoms with van der Waals surface area (Å²) >= 11 is 0. The number of sulfone groups is 1. The number of nitrogens with zero attached hydrogens (tertiary/aromatic N) is 1. The van der Waals surface area contributed by atoms with Gasteiger partial charge in [0, 0.05) is 12.6 Å². The normalized spacial score (nSPS) is 12.1.